The number of rotatable bonds is 12. The largest absolute Gasteiger partial charge is 0.481 e. The van der Waals surface area contributed by atoms with Gasteiger partial charge in [0.25, 0.3) is 5.91 Å². The van der Waals surface area contributed by atoms with Crippen LogP contribution in [0.25, 0.3) is 0 Å². The molecule has 0 aromatic heterocycles. The standard InChI is InChI=1S/C45H65FN2O8/c1-26(2)27(3)41(5)19-20-43(7)31-15-16-35-42(6)24-54-25-45(35,32(31)17-18-44(43,8)36(41)39(51)52)23-34(55-28(4)49)37(42)56-40(53)33(47)14-9-10-21-48-38(50)29-12-11-13-30(46)22-29/h11-13,17,22,26-27,31,33-37H,9-10,14-16,18-21,23-25,47H2,1-8H3,(H,48,50)(H,51,52)/t27-,31+,33?,34-,35+,36-,37+,41-,42-,43-,44+,45-/m1/s1. The van der Waals surface area contributed by atoms with E-state index in [1.165, 1.54) is 30.7 Å². The molecule has 10 nitrogen and oxygen atoms in total. The summed E-state index contributed by atoms with van der Waals surface area (Å²) in [5.74, 6) is -2.22. The number of hydrogen-bond donors (Lipinski definition) is 3. The van der Waals surface area contributed by atoms with Crippen molar-refractivity contribution in [3.63, 3.8) is 0 Å². The summed E-state index contributed by atoms with van der Waals surface area (Å²) in [6.07, 6.45) is 6.97. The summed E-state index contributed by atoms with van der Waals surface area (Å²) in [5.41, 5.74) is 5.77. The Hall–Kier alpha value is -3.31. The molecule has 4 fully saturated rings. The molecule has 3 saturated carbocycles. The van der Waals surface area contributed by atoms with Gasteiger partial charge in [-0.05, 0) is 116 Å². The van der Waals surface area contributed by atoms with Crippen molar-refractivity contribution >= 4 is 23.8 Å². The fourth-order valence-electron chi connectivity index (χ4n) is 12.9. The van der Waals surface area contributed by atoms with E-state index < -0.39 is 64.1 Å². The highest BCUT2D eigenvalue weighted by Gasteiger charge is 2.72. The fraction of sp³-hybridized carbons (Fsp3) is 0.733. The van der Waals surface area contributed by atoms with Crippen LogP contribution in [0.15, 0.2) is 35.9 Å². The molecule has 1 aromatic carbocycles. The quantitative estimate of drug-likeness (QED) is 0.111. The number of hydrogen-bond acceptors (Lipinski definition) is 8. The monoisotopic (exact) mass is 780 g/mol. The van der Waals surface area contributed by atoms with E-state index in [0.717, 1.165) is 25.7 Å². The minimum atomic E-state index is -0.918. The van der Waals surface area contributed by atoms with Crippen LogP contribution >= 0.6 is 0 Å². The van der Waals surface area contributed by atoms with Gasteiger partial charge >= 0.3 is 17.9 Å². The van der Waals surface area contributed by atoms with Crippen LogP contribution in [0, 0.1) is 62.5 Å². The van der Waals surface area contributed by atoms with Crippen LogP contribution in [0.3, 0.4) is 0 Å². The Morgan fingerprint density at radius 3 is 2.41 bits per heavy atom. The number of esters is 2. The van der Waals surface area contributed by atoms with Crippen molar-refractivity contribution in [1.82, 2.24) is 5.32 Å². The van der Waals surface area contributed by atoms with Crippen molar-refractivity contribution in [2.75, 3.05) is 19.8 Å². The SMILES string of the molecule is CC(=O)O[C@@H]1C[C@]23COC[C@](C)([C@@H]2CC[C@H]2C3=CC[C@@]3(C)[C@H](C(=O)O)[C@@](C)([C@H](C)C(C)C)CC[C@]23C)[C@H]1OC(=O)C(N)CCCCNC(=O)c1cccc(F)c1. The Morgan fingerprint density at radius 2 is 1.75 bits per heavy atom. The summed E-state index contributed by atoms with van der Waals surface area (Å²) in [6.45, 7) is 18.1. The first-order valence-electron chi connectivity index (χ1n) is 20.9. The number of benzene rings is 1. The van der Waals surface area contributed by atoms with Gasteiger partial charge in [0, 0.05) is 29.9 Å². The number of carboxylic acid groups (broad SMARTS) is 1. The van der Waals surface area contributed by atoms with Crippen LogP contribution in [0.1, 0.15) is 124 Å². The second-order valence-corrected chi connectivity index (χ2v) is 19.4. The van der Waals surface area contributed by atoms with E-state index in [1.807, 2.05) is 0 Å². The number of halogens is 1. The van der Waals surface area contributed by atoms with Gasteiger partial charge in [-0.3, -0.25) is 19.2 Å². The second kappa shape index (κ2) is 15.5. The average Bonchev–Trinajstić information content (AvgIpc) is 3.12. The van der Waals surface area contributed by atoms with Crippen molar-refractivity contribution in [3.05, 3.63) is 47.3 Å². The predicted molar refractivity (Wildman–Crippen MR) is 210 cm³/mol. The number of allylic oxidation sites excluding steroid dienone is 1. The zero-order valence-electron chi connectivity index (χ0n) is 34.8. The molecule has 1 saturated heterocycles. The lowest BCUT2D eigenvalue weighted by atomic mass is 9.34. The smallest absolute Gasteiger partial charge is 0.323 e. The van der Waals surface area contributed by atoms with Gasteiger partial charge in [0.2, 0.25) is 0 Å². The molecule has 0 radical (unpaired) electrons. The Morgan fingerprint density at radius 1 is 1.02 bits per heavy atom. The number of nitrogens with one attached hydrogen (secondary N) is 1. The van der Waals surface area contributed by atoms with E-state index in [0.29, 0.717) is 57.8 Å². The van der Waals surface area contributed by atoms with Crippen molar-refractivity contribution in [2.45, 2.75) is 131 Å². The van der Waals surface area contributed by atoms with Crippen molar-refractivity contribution in [1.29, 1.82) is 0 Å². The maximum absolute atomic E-state index is 13.7. The summed E-state index contributed by atoms with van der Waals surface area (Å²) in [6, 6.07) is 4.58. The fourth-order valence-corrected chi connectivity index (χ4v) is 12.9. The highest BCUT2D eigenvalue weighted by atomic mass is 19.1. The third-order valence-corrected chi connectivity index (χ3v) is 16.2. The van der Waals surface area contributed by atoms with Crippen molar-refractivity contribution in [2.24, 2.45) is 62.4 Å². The van der Waals surface area contributed by atoms with Crippen molar-refractivity contribution < 1.29 is 42.9 Å². The lowest BCUT2D eigenvalue weighted by molar-refractivity contribution is -0.263. The highest BCUT2D eigenvalue weighted by Crippen LogP contribution is 2.75. The van der Waals surface area contributed by atoms with Gasteiger partial charge in [-0.1, -0.05) is 66.2 Å². The van der Waals surface area contributed by atoms with Gasteiger partial charge in [-0.15, -0.1) is 0 Å². The molecule has 4 aliphatic carbocycles. The molecular weight excluding hydrogens is 715 g/mol. The number of nitrogens with two attached hydrogens (primary N) is 1. The number of carbonyl (C=O) groups is 4. The van der Waals surface area contributed by atoms with Gasteiger partial charge in [-0.2, -0.15) is 0 Å². The topological polar surface area (TPSA) is 154 Å². The maximum Gasteiger partial charge on any atom is 0.323 e. The molecule has 1 heterocycles. The van der Waals surface area contributed by atoms with E-state index in [-0.39, 0.29) is 40.1 Å². The first-order chi connectivity index (χ1) is 26.2. The molecule has 56 heavy (non-hydrogen) atoms. The number of unbranched alkanes of at least 4 members (excludes halogenated alkanes) is 1. The van der Waals surface area contributed by atoms with E-state index in [9.17, 15) is 28.7 Å². The number of carbonyl (C=O) groups excluding carboxylic acids is 3. The summed E-state index contributed by atoms with van der Waals surface area (Å²) in [5, 5.41) is 13.8. The van der Waals surface area contributed by atoms with Crippen LogP contribution in [-0.2, 0) is 28.6 Å². The molecule has 5 aliphatic rings. The normalized spacial score (nSPS) is 38.5. The molecule has 0 spiro atoms. The van der Waals surface area contributed by atoms with Crippen LogP contribution in [0.4, 0.5) is 4.39 Å². The third kappa shape index (κ3) is 6.90. The summed E-state index contributed by atoms with van der Waals surface area (Å²) < 4.78 is 32.4. The lowest BCUT2D eigenvalue weighted by Crippen LogP contribution is -2.70. The Bertz CT molecular complexity index is 1730. The molecule has 1 aromatic rings. The summed E-state index contributed by atoms with van der Waals surface area (Å²) >= 11 is 0. The zero-order chi connectivity index (χ0) is 41.0. The molecule has 6 rings (SSSR count). The first-order valence-corrected chi connectivity index (χ1v) is 20.9. The van der Waals surface area contributed by atoms with Crippen LogP contribution in [-0.4, -0.2) is 66.9 Å². The number of carboxylic acids is 1. The van der Waals surface area contributed by atoms with E-state index in [4.69, 9.17) is 19.9 Å². The average molecular weight is 781 g/mol. The van der Waals surface area contributed by atoms with Gasteiger partial charge in [0.15, 0.2) is 0 Å². The highest BCUT2D eigenvalue weighted by molar-refractivity contribution is 5.94. The molecule has 4 N–H and O–H groups in total. The van der Waals surface area contributed by atoms with E-state index >= 15 is 0 Å². The van der Waals surface area contributed by atoms with Crippen LogP contribution in [0.5, 0.6) is 0 Å². The minimum absolute atomic E-state index is 0.0897. The Kier molecular flexibility index (Phi) is 11.7. The molecule has 1 aliphatic heterocycles. The zero-order valence-corrected chi connectivity index (χ0v) is 34.8. The lowest BCUT2D eigenvalue weighted by Gasteiger charge is -2.71. The molecule has 12 atom stereocenters. The van der Waals surface area contributed by atoms with Gasteiger partial charge in [0.1, 0.15) is 24.1 Å². The predicted octanol–water partition coefficient (Wildman–Crippen LogP) is 7.49. The van der Waals surface area contributed by atoms with E-state index in [1.54, 1.807) is 6.07 Å². The van der Waals surface area contributed by atoms with E-state index in [2.05, 4.69) is 59.9 Å². The molecule has 2 bridgehead atoms. The van der Waals surface area contributed by atoms with Crippen LogP contribution < -0.4 is 11.1 Å². The molecule has 11 heteroatoms. The first kappa shape index (κ1) is 42.3. The molecular formula is C45H65FN2O8. The third-order valence-electron chi connectivity index (χ3n) is 16.2. The number of aliphatic carboxylic acids is 1. The molecule has 310 valence electrons. The van der Waals surface area contributed by atoms with Gasteiger partial charge in [0.05, 0.1) is 19.1 Å². The van der Waals surface area contributed by atoms with Crippen molar-refractivity contribution in [3.8, 4) is 0 Å². The van der Waals surface area contributed by atoms with Gasteiger partial charge < -0.3 is 30.4 Å². The molecule has 1 amide bonds. The minimum Gasteiger partial charge on any atom is -0.481 e. The Balaban J connectivity index is 1.21. The summed E-state index contributed by atoms with van der Waals surface area (Å²) in [7, 11) is 0. The number of amides is 1. The summed E-state index contributed by atoms with van der Waals surface area (Å²) in [4.78, 5) is 52.2. The number of fused-ring (bicyclic) bond motifs is 3. The maximum atomic E-state index is 13.7. The number of ether oxygens (including phenoxy) is 3. The Labute approximate surface area is 332 Å². The van der Waals surface area contributed by atoms with Gasteiger partial charge in [-0.25, -0.2) is 4.39 Å². The van der Waals surface area contributed by atoms with Crippen LogP contribution in [0.2, 0.25) is 0 Å². The second-order valence-electron chi connectivity index (χ2n) is 19.4. The molecule has 1 unspecified atom stereocenters.